The molecule has 3 aromatic rings. The number of hydrogen-bond acceptors (Lipinski definition) is 5. The summed E-state index contributed by atoms with van der Waals surface area (Å²) in [6.45, 7) is 2.76. The molecule has 2 fully saturated rings. The van der Waals surface area contributed by atoms with Crippen LogP contribution in [0.1, 0.15) is 53.5 Å². The SMILES string of the molecule is O=C(NC1CCN(Cc2ccccn2)CC1)c1nnn(-c2ccccc2)c1C1CC1. The molecule has 7 heteroatoms. The van der Waals surface area contributed by atoms with Crippen molar-refractivity contribution < 1.29 is 4.79 Å². The minimum Gasteiger partial charge on any atom is -0.348 e. The van der Waals surface area contributed by atoms with Crippen LogP contribution in [0.4, 0.5) is 0 Å². The Morgan fingerprint density at radius 1 is 1.00 bits per heavy atom. The number of benzene rings is 1. The summed E-state index contributed by atoms with van der Waals surface area (Å²) in [6.07, 6.45) is 5.88. The highest BCUT2D eigenvalue weighted by Gasteiger charge is 2.35. The Hall–Kier alpha value is -3.06. The summed E-state index contributed by atoms with van der Waals surface area (Å²) >= 11 is 0. The van der Waals surface area contributed by atoms with Crippen molar-refractivity contribution >= 4 is 5.91 Å². The number of nitrogens with zero attached hydrogens (tertiary/aromatic N) is 5. The van der Waals surface area contributed by atoms with E-state index in [0.29, 0.717) is 11.6 Å². The average molecular weight is 403 g/mol. The summed E-state index contributed by atoms with van der Waals surface area (Å²) in [7, 11) is 0. The summed E-state index contributed by atoms with van der Waals surface area (Å²) in [6, 6.07) is 16.1. The molecule has 2 aliphatic rings. The number of carbonyl (C=O) groups excluding carboxylic acids is 1. The molecule has 30 heavy (non-hydrogen) atoms. The second-order valence-electron chi connectivity index (χ2n) is 8.19. The molecule has 2 aromatic heterocycles. The Balaban J connectivity index is 1.23. The van der Waals surface area contributed by atoms with Crippen molar-refractivity contribution in [3.05, 3.63) is 71.8 Å². The lowest BCUT2D eigenvalue weighted by molar-refractivity contribution is 0.0902. The van der Waals surface area contributed by atoms with E-state index in [9.17, 15) is 4.79 Å². The van der Waals surface area contributed by atoms with Crippen LogP contribution in [0.3, 0.4) is 0 Å². The smallest absolute Gasteiger partial charge is 0.274 e. The van der Waals surface area contributed by atoms with Crippen LogP contribution in [0.5, 0.6) is 0 Å². The highest BCUT2D eigenvalue weighted by atomic mass is 16.2. The number of amides is 1. The van der Waals surface area contributed by atoms with Gasteiger partial charge in [0.2, 0.25) is 0 Å². The van der Waals surface area contributed by atoms with Crippen LogP contribution in [-0.4, -0.2) is 49.9 Å². The van der Waals surface area contributed by atoms with Gasteiger partial charge in [0.25, 0.3) is 5.91 Å². The second kappa shape index (κ2) is 8.36. The first-order valence-corrected chi connectivity index (χ1v) is 10.7. The van der Waals surface area contributed by atoms with E-state index in [1.807, 2.05) is 53.3 Å². The maximum Gasteiger partial charge on any atom is 0.274 e. The van der Waals surface area contributed by atoms with E-state index < -0.39 is 0 Å². The third-order valence-electron chi connectivity index (χ3n) is 5.92. The summed E-state index contributed by atoms with van der Waals surface area (Å²) in [4.78, 5) is 19.8. The van der Waals surface area contributed by atoms with E-state index in [0.717, 1.165) is 62.4 Å². The molecule has 5 rings (SSSR count). The fraction of sp³-hybridized carbons (Fsp3) is 0.391. The van der Waals surface area contributed by atoms with Crippen LogP contribution >= 0.6 is 0 Å². The molecule has 1 aliphatic carbocycles. The number of para-hydroxylation sites is 1. The quantitative estimate of drug-likeness (QED) is 0.686. The molecule has 154 valence electrons. The maximum atomic E-state index is 13.0. The van der Waals surface area contributed by atoms with Gasteiger partial charge in [-0.05, 0) is 49.9 Å². The lowest BCUT2D eigenvalue weighted by Gasteiger charge is -2.32. The molecule has 1 saturated heterocycles. The van der Waals surface area contributed by atoms with Gasteiger partial charge in [-0.25, -0.2) is 4.68 Å². The van der Waals surface area contributed by atoms with Crippen LogP contribution in [0.15, 0.2) is 54.7 Å². The zero-order valence-electron chi connectivity index (χ0n) is 16.9. The zero-order valence-corrected chi connectivity index (χ0v) is 16.9. The molecule has 0 bridgehead atoms. The minimum atomic E-state index is -0.0951. The maximum absolute atomic E-state index is 13.0. The van der Waals surface area contributed by atoms with Crippen molar-refractivity contribution in [2.24, 2.45) is 0 Å². The molecule has 1 aromatic carbocycles. The number of hydrogen-bond donors (Lipinski definition) is 1. The molecule has 0 unspecified atom stereocenters. The molecule has 7 nitrogen and oxygen atoms in total. The van der Waals surface area contributed by atoms with Crippen molar-refractivity contribution in [2.45, 2.75) is 44.2 Å². The Morgan fingerprint density at radius 3 is 2.47 bits per heavy atom. The number of carbonyl (C=O) groups is 1. The molecular weight excluding hydrogens is 376 g/mol. The van der Waals surface area contributed by atoms with E-state index in [1.165, 1.54) is 0 Å². The first-order valence-electron chi connectivity index (χ1n) is 10.7. The van der Waals surface area contributed by atoms with Crippen molar-refractivity contribution in [1.29, 1.82) is 0 Å². The Labute approximate surface area is 176 Å². The summed E-state index contributed by atoms with van der Waals surface area (Å²) in [5.41, 5.74) is 3.48. The molecule has 3 heterocycles. The molecule has 1 aliphatic heterocycles. The lowest BCUT2D eigenvalue weighted by Crippen LogP contribution is -2.44. The van der Waals surface area contributed by atoms with Gasteiger partial charge < -0.3 is 5.32 Å². The topological polar surface area (TPSA) is 75.9 Å². The Bertz CT molecular complexity index is 991. The lowest BCUT2D eigenvalue weighted by atomic mass is 10.0. The summed E-state index contributed by atoms with van der Waals surface area (Å²) in [5, 5.41) is 11.8. The molecule has 1 amide bonds. The van der Waals surface area contributed by atoms with Crippen LogP contribution < -0.4 is 5.32 Å². The van der Waals surface area contributed by atoms with Crippen molar-refractivity contribution in [2.75, 3.05) is 13.1 Å². The molecular formula is C23H26N6O. The van der Waals surface area contributed by atoms with Crippen molar-refractivity contribution in [3.63, 3.8) is 0 Å². The minimum absolute atomic E-state index is 0.0951. The zero-order chi connectivity index (χ0) is 20.3. The van der Waals surface area contributed by atoms with Gasteiger partial charge in [-0.3, -0.25) is 14.7 Å². The van der Waals surface area contributed by atoms with Gasteiger partial charge in [-0.2, -0.15) is 0 Å². The molecule has 0 atom stereocenters. The fourth-order valence-electron chi connectivity index (χ4n) is 4.14. The fourth-order valence-corrected chi connectivity index (χ4v) is 4.14. The molecule has 1 N–H and O–H groups in total. The Kier molecular flexibility index (Phi) is 5.27. The number of piperidine rings is 1. The van der Waals surface area contributed by atoms with Gasteiger partial charge in [0.1, 0.15) is 0 Å². The highest BCUT2D eigenvalue weighted by molar-refractivity contribution is 5.94. The number of nitrogens with one attached hydrogen (secondary N) is 1. The van der Waals surface area contributed by atoms with Crippen molar-refractivity contribution in [1.82, 2.24) is 30.2 Å². The first-order chi connectivity index (χ1) is 14.8. The van der Waals surface area contributed by atoms with Gasteiger partial charge >= 0.3 is 0 Å². The van der Waals surface area contributed by atoms with E-state index in [2.05, 4.69) is 31.6 Å². The van der Waals surface area contributed by atoms with Gasteiger partial charge in [-0.15, -0.1) is 5.10 Å². The van der Waals surface area contributed by atoms with E-state index in [4.69, 9.17) is 0 Å². The van der Waals surface area contributed by atoms with Gasteiger partial charge in [0.15, 0.2) is 5.69 Å². The van der Waals surface area contributed by atoms with Crippen LogP contribution in [0, 0.1) is 0 Å². The molecule has 0 spiro atoms. The van der Waals surface area contributed by atoms with Gasteiger partial charge in [0, 0.05) is 37.8 Å². The number of pyridine rings is 1. The van der Waals surface area contributed by atoms with Crippen molar-refractivity contribution in [3.8, 4) is 5.69 Å². The Morgan fingerprint density at radius 2 is 1.77 bits per heavy atom. The molecule has 0 radical (unpaired) electrons. The summed E-state index contributed by atoms with van der Waals surface area (Å²) in [5.74, 6) is 0.281. The monoisotopic (exact) mass is 402 g/mol. The van der Waals surface area contributed by atoms with Gasteiger partial charge in [-0.1, -0.05) is 29.5 Å². The highest BCUT2D eigenvalue weighted by Crippen LogP contribution is 2.42. The average Bonchev–Trinajstić information content (AvgIpc) is 3.54. The molecule has 1 saturated carbocycles. The third-order valence-corrected chi connectivity index (χ3v) is 5.92. The number of aromatic nitrogens is 4. The number of rotatable bonds is 6. The van der Waals surface area contributed by atoms with Crippen LogP contribution in [-0.2, 0) is 6.54 Å². The third kappa shape index (κ3) is 4.11. The normalized spacial score (nSPS) is 17.7. The second-order valence-corrected chi connectivity index (χ2v) is 8.19. The van der Waals surface area contributed by atoms with Crippen LogP contribution in [0.25, 0.3) is 5.69 Å². The standard InChI is InChI=1S/C23H26N6O/c30-23(25-18-11-14-28(15-12-18)16-19-6-4-5-13-24-19)21-22(17-9-10-17)29(27-26-21)20-7-2-1-3-8-20/h1-8,13,17-18H,9-12,14-16H2,(H,25,30). The van der Waals surface area contributed by atoms with Crippen LogP contribution in [0.2, 0.25) is 0 Å². The first kappa shape index (κ1) is 18.9. The largest absolute Gasteiger partial charge is 0.348 e. The van der Waals surface area contributed by atoms with E-state index >= 15 is 0 Å². The number of likely N-dealkylation sites (tertiary alicyclic amines) is 1. The predicted octanol–water partition coefficient (Wildman–Crippen LogP) is 2.93. The van der Waals surface area contributed by atoms with E-state index in [1.54, 1.807) is 0 Å². The predicted molar refractivity (Wildman–Crippen MR) is 113 cm³/mol. The van der Waals surface area contributed by atoms with E-state index in [-0.39, 0.29) is 11.9 Å². The van der Waals surface area contributed by atoms with Gasteiger partial charge in [0.05, 0.1) is 17.1 Å². The summed E-state index contributed by atoms with van der Waals surface area (Å²) < 4.78 is 1.84.